The average molecular weight is 348 g/mol. The Morgan fingerprint density at radius 2 is 1.96 bits per heavy atom. The number of carbonyl (C=O) groups is 1. The second-order valence-corrected chi connectivity index (χ2v) is 8.20. The van der Waals surface area contributed by atoms with Gasteiger partial charge in [-0.1, -0.05) is 0 Å². The zero-order valence-corrected chi connectivity index (χ0v) is 15.9. The lowest BCUT2D eigenvalue weighted by atomic mass is 10.1. The van der Waals surface area contributed by atoms with Gasteiger partial charge in [-0.3, -0.25) is 4.57 Å². The van der Waals surface area contributed by atoms with Crippen molar-refractivity contribution >= 4 is 17.1 Å². The summed E-state index contributed by atoms with van der Waals surface area (Å²) in [6.07, 6.45) is 2.93. The van der Waals surface area contributed by atoms with Gasteiger partial charge in [-0.05, 0) is 60.5 Å². The number of alkyl carbamates (subject to hydrolysis) is 1. The molecule has 0 unspecified atom stereocenters. The molecule has 0 aromatic carbocycles. The molecule has 138 valence electrons. The van der Waals surface area contributed by atoms with E-state index in [1.807, 2.05) is 53.8 Å². The molecule has 0 spiro atoms. The van der Waals surface area contributed by atoms with E-state index in [2.05, 4.69) is 15.3 Å². The Balaban J connectivity index is 1.97. The highest BCUT2D eigenvalue weighted by molar-refractivity contribution is 5.75. The van der Waals surface area contributed by atoms with Gasteiger partial charge in [0.1, 0.15) is 11.2 Å². The molecule has 0 radical (unpaired) electrons. The number of aromatic nitrogens is 3. The molecule has 1 amide bonds. The maximum absolute atomic E-state index is 12.1. The fraction of sp³-hybridized carbons (Fsp3) is 0.611. The first kappa shape index (κ1) is 19.0. The van der Waals surface area contributed by atoms with Crippen molar-refractivity contribution in [3.8, 4) is 0 Å². The van der Waals surface area contributed by atoms with Gasteiger partial charge in [-0.2, -0.15) is 4.98 Å². The lowest BCUT2D eigenvalue weighted by Crippen LogP contribution is -2.34. The Bertz CT molecular complexity index is 806. The molecule has 7 heteroatoms. The Hall–Kier alpha value is -2.31. The molecule has 2 rings (SSSR count). The van der Waals surface area contributed by atoms with Crippen LogP contribution in [0.25, 0.3) is 11.0 Å². The predicted octanol–water partition coefficient (Wildman–Crippen LogP) is 2.94. The monoisotopic (exact) mass is 348 g/mol. The number of amides is 1. The highest BCUT2D eigenvalue weighted by atomic mass is 16.6. The second-order valence-electron chi connectivity index (χ2n) is 8.20. The van der Waals surface area contributed by atoms with Gasteiger partial charge >= 0.3 is 11.8 Å². The molecule has 2 heterocycles. The molecule has 2 N–H and O–H groups in total. The van der Waals surface area contributed by atoms with Gasteiger partial charge < -0.3 is 15.0 Å². The maximum Gasteiger partial charge on any atom is 0.407 e. The van der Waals surface area contributed by atoms with E-state index in [1.165, 1.54) is 0 Å². The molecular weight excluding hydrogens is 320 g/mol. The van der Waals surface area contributed by atoms with Crippen LogP contribution in [0.4, 0.5) is 4.79 Å². The lowest BCUT2D eigenvalue weighted by Gasteiger charge is -2.21. The van der Waals surface area contributed by atoms with Crippen molar-refractivity contribution in [1.82, 2.24) is 19.9 Å². The number of aryl methyl sites for hydroxylation is 1. The van der Waals surface area contributed by atoms with E-state index in [0.717, 1.165) is 23.9 Å². The Morgan fingerprint density at radius 1 is 1.28 bits per heavy atom. The maximum atomic E-state index is 12.1. The number of fused-ring (bicyclic) bond motifs is 1. The van der Waals surface area contributed by atoms with Gasteiger partial charge in [0, 0.05) is 29.4 Å². The van der Waals surface area contributed by atoms with Crippen LogP contribution in [0.3, 0.4) is 0 Å². The number of hydrogen-bond donors (Lipinski definition) is 2. The summed E-state index contributed by atoms with van der Waals surface area (Å²) >= 11 is 0. The zero-order chi connectivity index (χ0) is 18.8. The minimum absolute atomic E-state index is 0.264. The molecule has 2 aromatic heterocycles. The molecule has 2 aromatic rings. The van der Waals surface area contributed by atoms with Gasteiger partial charge in [0.25, 0.3) is 0 Å². The van der Waals surface area contributed by atoms with Gasteiger partial charge in [0.2, 0.25) is 0 Å². The van der Waals surface area contributed by atoms with Crippen molar-refractivity contribution in [2.45, 2.75) is 65.5 Å². The van der Waals surface area contributed by atoms with Gasteiger partial charge in [0.05, 0.1) is 0 Å². The number of ether oxygens (including phenoxy) is 1. The van der Waals surface area contributed by atoms with Crippen molar-refractivity contribution in [2.75, 3.05) is 6.54 Å². The SMILES string of the molecule is CC(C)(C)OC(=O)NCCCc1cc2cn(C(C)(C)C)c(=O)nc2[nH]1. The molecule has 25 heavy (non-hydrogen) atoms. The highest BCUT2D eigenvalue weighted by Crippen LogP contribution is 2.16. The molecule has 7 nitrogen and oxygen atoms in total. The zero-order valence-electron chi connectivity index (χ0n) is 15.9. The van der Waals surface area contributed by atoms with Crippen LogP contribution in [0, 0.1) is 0 Å². The molecule has 0 saturated carbocycles. The first-order valence-corrected chi connectivity index (χ1v) is 8.54. The van der Waals surface area contributed by atoms with Crippen LogP contribution in [0.2, 0.25) is 0 Å². The number of nitrogens with one attached hydrogen (secondary N) is 2. The van der Waals surface area contributed by atoms with Crippen LogP contribution in [0.5, 0.6) is 0 Å². The van der Waals surface area contributed by atoms with E-state index in [-0.39, 0.29) is 11.2 Å². The number of hydrogen-bond acceptors (Lipinski definition) is 4. The molecule has 0 saturated heterocycles. The molecule has 0 bridgehead atoms. The Kier molecular flexibility index (Phi) is 5.25. The van der Waals surface area contributed by atoms with Crippen LogP contribution >= 0.6 is 0 Å². The van der Waals surface area contributed by atoms with Crippen LogP contribution in [0.15, 0.2) is 17.1 Å². The normalized spacial score (nSPS) is 12.4. The van der Waals surface area contributed by atoms with Crippen molar-refractivity contribution in [1.29, 1.82) is 0 Å². The van der Waals surface area contributed by atoms with Gasteiger partial charge in [-0.15, -0.1) is 0 Å². The van der Waals surface area contributed by atoms with Crippen LogP contribution in [-0.2, 0) is 16.7 Å². The van der Waals surface area contributed by atoms with E-state index in [4.69, 9.17) is 4.74 Å². The molecule has 0 aliphatic heterocycles. The summed E-state index contributed by atoms with van der Waals surface area (Å²) in [5.41, 5.74) is 0.512. The second kappa shape index (κ2) is 6.90. The van der Waals surface area contributed by atoms with E-state index in [0.29, 0.717) is 12.2 Å². The Morgan fingerprint density at radius 3 is 2.56 bits per heavy atom. The summed E-state index contributed by atoms with van der Waals surface area (Å²) in [5, 5.41) is 3.64. The summed E-state index contributed by atoms with van der Waals surface area (Å²) < 4.78 is 6.83. The van der Waals surface area contributed by atoms with Crippen LogP contribution < -0.4 is 11.0 Å². The molecule has 0 aliphatic carbocycles. The van der Waals surface area contributed by atoms with Crippen molar-refractivity contribution in [3.63, 3.8) is 0 Å². The summed E-state index contributed by atoms with van der Waals surface area (Å²) in [6, 6.07) is 2.00. The third-order valence-electron chi connectivity index (χ3n) is 3.58. The van der Waals surface area contributed by atoms with E-state index < -0.39 is 11.7 Å². The van der Waals surface area contributed by atoms with E-state index >= 15 is 0 Å². The van der Waals surface area contributed by atoms with Crippen LogP contribution in [-0.4, -0.2) is 32.8 Å². The summed E-state index contributed by atoms with van der Waals surface area (Å²) in [4.78, 5) is 31.0. The molecule has 0 fully saturated rings. The summed E-state index contributed by atoms with van der Waals surface area (Å²) in [6.45, 7) is 11.9. The highest BCUT2D eigenvalue weighted by Gasteiger charge is 2.17. The number of carbonyl (C=O) groups excluding carboxylic acids is 1. The first-order valence-electron chi connectivity index (χ1n) is 8.54. The third kappa shape index (κ3) is 5.34. The average Bonchev–Trinajstić information content (AvgIpc) is 2.81. The summed E-state index contributed by atoms with van der Waals surface area (Å²) in [5.74, 6) is 0. The standard InChI is InChI=1S/C18H28N4O3/c1-17(2,3)22-11-12-10-13(20-14(12)21-15(22)23)8-7-9-19-16(24)25-18(4,5)6/h10-11H,7-9H2,1-6H3,(H,19,24)(H,20,21,23). The molecular formula is C18H28N4O3. The third-order valence-corrected chi connectivity index (χ3v) is 3.58. The van der Waals surface area contributed by atoms with Gasteiger partial charge in [-0.25, -0.2) is 9.59 Å². The fourth-order valence-corrected chi connectivity index (χ4v) is 2.45. The van der Waals surface area contributed by atoms with Crippen molar-refractivity contribution in [2.24, 2.45) is 0 Å². The largest absolute Gasteiger partial charge is 0.444 e. The quantitative estimate of drug-likeness (QED) is 0.832. The number of rotatable bonds is 4. The van der Waals surface area contributed by atoms with Crippen molar-refractivity contribution in [3.05, 3.63) is 28.4 Å². The fourth-order valence-electron chi connectivity index (χ4n) is 2.45. The minimum atomic E-state index is -0.495. The topological polar surface area (TPSA) is 89.0 Å². The smallest absolute Gasteiger partial charge is 0.407 e. The number of H-pyrrole nitrogens is 1. The minimum Gasteiger partial charge on any atom is -0.444 e. The summed E-state index contributed by atoms with van der Waals surface area (Å²) in [7, 11) is 0. The van der Waals surface area contributed by atoms with Crippen LogP contribution in [0.1, 0.15) is 53.7 Å². The molecule has 0 aliphatic rings. The lowest BCUT2D eigenvalue weighted by molar-refractivity contribution is 0.0527. The van der Waals surface area contributed by atoms with Crippen molar-refractivity contribution < 1.29 is 9.53 Å². The Labute approximate surface area is 147 Å². The number of nitrogens with zero attached hydrogens (tertiary/aromatic N) is 2. The predicted molar refractivity (Wildman–Crippen MR) is 97.9 cm³/mol. The molecule has 0 atom stereocenters. The van der Waals surface area contributed by atoms with Gasteiger partial charge in [0.15, 0.2) is 0 Å². The van der Waals surface area contributed by atoms with E-state index in [9.17, 15) is 9.59 Å². The van der Waals surface area contributed by atoms with E-state index in [1.54, 1.807) is 4.57 Å². The first-order chi connectivity index (χ1) is 11.5. The number of aromatic amines is 1.